The Hall–Kier alpha value is -3.98. The standard InChI is InChI=1S/C33H40N4O7/c1-8-9-41-30-18(3)31-33(44-16-43-31)27-21(30)12-23-28-26-20(10-17(2)29(40-7)32(26)42-15-39-6)11-22(36(28)5)24(13-34)37(23)25(27)14-35-19(4)38/h8,10,22-25,28H,1,9,11-12,14-16H2,2-7H3,(H,35,38)/t22-,23?,24-,25?,28-/m0/s1. The van der Waals surface area contributed by atoms with Gasteiger partial charge in [0.05, 0.1) is 25.3 Å². The molecule has 2 bridgehead atoms. The first-order valence-corrected chi connectivity index (χ1v) is 14.9. The van der Waals surface area contributed by atoms with Gasteiger partial charge in [0.15, 0.2) is 29.8 Å². The Morgan fingerprint density at radius 3 is 2.59 bits per heavy atom. The number of nitriles is 1. The fourth-order valence-corrected chi connectivity index (χ4v) is 7.84. The van der Waals surface area contributed by atoms with Gasteiger partial charge in [0.2, 0.25) is 12.7 Å². The minimum absolute atomic E-state index is 0.0670. The summed E-state index contributed by atoms with van der Waals surface area (Å²) in [6.07, 6.45) is 2.93. The van der Waals surface area contributed by atoms with Crippen LogP contribution in [0.25, 0.3) is 0 Å². The number of nitrogens with one attached hydrogen (secondary N) is 1. The van der Waals surface area contributed by atoms with Gasteiger partial charge in [-0.2, -0.15) is 5.26 Å². The summed E-state index contributed by atoms with van der Waals surface area (Å²) in [6.45, 7) is 10.1. The lowest BCUT2D eigenvalue weighted by Crippen LogP contribution is -2.68. The number of carbonyl (C=O) groups is 1. The van der Waals surface area contributed by atoms with Gasteiger partial charge in [0, 0.05) is 54.9 Å². The van der Waals surface area contributed by atoms with E-state index in [1.54, 1.807) is 20.3 Å². The number of ether oxygens (including phenoxy) is 6. The largest absolute Gasteiger partial charge is 0.493 e. The first-order valence-electron chi connectivity index (χ1n) is 14.9. The van der Waals surface area contributed by atoms with E-state index >= 15 is 0 Å². The van der Waals surface area contributed by atoms with Crippen molar-refractivity contribution in [3.63, 3.8) is 0 Å². The number of fused-ring (bicyclic) bond motifs is 9. The van der Waals surface area contributed by atoms with Gasteiger partial charge in [-0.3, -0.25) is 14.6 Å². The maximum Gasteiger partial charge on any atom is 0.231 e. The molecular formula is C33H40N4O7. The lowest BCUT2D eigenvalue weighted by molar-refractivity contribution is -0.120. The molecule has 44 heavy (non-hydrogen) atoms. The molecule has 2 unspecified atom stereocenters. The molecule has 1 saturated heterocycles. The third-order valence-corrected chi connectivity index (χ3v) is 9.46. The van der Waals surface area contributed by atoms with E-state index in [2.05, 4.69) is 40.9 Å². The van der Waals surface area contributed by atoms with E-state index in [1.165, 1.54) is 6.92 Å². The number of hydrogen-bond donors (Lipinski definition) is 1. The second-order valence-corrected chi connectivity index (χ2v) is 11.8. The smallest absolute Gasteiger partial charge is 0.231 e. The van der Waals surface area contributed by atoms with Gasteiger partial charge in [-0.1, -0.05) is 18.7 Å². The summed E-state index contributed by atoms with van der Waals surface area (Å²) in [7, 11) is 5.33. The van der Waals surface area contributed by atoms with Gasteiger partial charge in [-0.05, 0) is 44.9 Å². The summed E-state index contributed by atoms with van der Waals surface area (Å²) < 4.78 is 35.9. The van der Waals surface area contributed by atoms with Gasteiger partial charge in [-0.15, -0.1) is 0 Å². The van der Waals surface area contributed by atoms with Crippen LogP contribution in [0.4, 0.5) is 0 Å². The molecule has 1 fully saturated rings. The number of carbonyl (C=O) groups excluding carboxylic acids is 1. The molecule has 0 saturated carbocycles. The molecule has 11 nitrogen and oxygen atoms in total. The van der Waals surface area contributed by atoms with E-state index in [0.29, 0.717) is 42.4 Å². The van der Waals surface area contributed by atoms with Crippen LogP contribution in [0, 0.1) is 25.2 Å². The number of benzene rings is 2. The number of rotatable bonds is 9. The maximum absolute atomic E-state index is 12.3. The molecule has 1 amide bonds. The number of piperazine rings is 1. The molecule has 2 aromatic carbocycles. The highest BCUT2D eigenvalue weighted by atomic mass is 16.7. The van der Waals surface area contributed by atoms with Gasteiger partial charge >= 0.3 is 0 Å². The first-order chi connectivity index (χ1) is 21.3. The van der Waals surface area contributed by atoms with Crippen LogP contribution < -0.4 is 29.0 Å². The van der Waals surface area contributed by atoms with Gasteiger partial charge < -0.3 is 33.7 Å². The highest BCUT2D eigenvalue weighted by Gasteiger charge is 2.57. The fraction of sp³-hybridized carbons (Fsp3) is 0.515. The average molecular weight is 605 g/mol. The molecule has 0 aromatic heterocycles. The van der Waals surface area contributed by atoms with E-state index in [-0.39, 0.29) is 50.2 Å². The van der Waals surface area contributed by atoms with Crippen molar-refractivity contribution in [1.29, 1.82) is 5.26 Å². The molecule has 4 aliphatic heterocycles. The number of methoxy groups -OCH3 is 2. The normalized spacial score (nSPS) is 24.8. The Morgan fingerprint density at radius 2 is 1.91 bits per heavy atom. The van der Waals surface area contributed by atoms with Crippen molar-refractivity contribution in [3.05, 3.63) is 52.1 Å². The van der Waals surface area contributed by atoms with Crippen LogP contribution in [0.15, 0.2) is 18.7 Å². The van der Waals surface area contributed by atoms with Gasteiger partial charge in [0.1, 0.15) is 18.4 Å². The molecule has 0 spiro atoms. The molecule has 5 atom stereocenters. The van der Waals surface area contributed by atoms with Crippen molar-refractivity contribution in [1.82, 2.24) is 15.1 Å². The molecule has 0 aliphatic carbocycles. The topological polar surface area (TPSA) is 115 Å². The van der Waals surface area contributed by atoms with Gasteiger partial charge in [-0.25, -0.2) is 0 Å². The van der Waals surface area contributed by atoms with Crippen molar-refractivity contribution >= 4 is 5.91 Å². The van der Waals surface area contributed by atoms with E-state index in [0.717, 1.165) is 39.1 Å². The van der Waals surface area contributed by atoms with Crippen molar-refractivity contribution in [2.24, 2.45) is 0 Å². The first kappa shape index (κ1) is 30.1. The van der Waals surface area contributed by atoms with Crippen LogP contribution in [0.1, 0.15) is 52.4 Å². The quantitative estimate of drug-likeness (QED) is 0.337. The number of hydrogen-bond acceptors (Lipinski definition) is 10. The Bertz CT molecular complexity index is 1540. The predicted octanol–water partition coefficient (Wildman–Crippen LogP) is 3.50. The van der Waals surface area contributed by atoms with Crippen LogP contribution in [0.3, 0.4) is 0 Å². The van der Waals surface area contributed by atoms with Crippen molar-refractivity contribution in [2.45, 2.75) is 63.8 Å². The second kappa shape index (κ2) is 11.8. The van der Waals surface area contributed by atoms with Gasteiger partial charge in [0.25, 0.3) is 0 Å². The van der Waals surface area contributed by atoms with Crippen molar-refractivity contribution in [3.8, 4) is 34.8 Å². The highest BCUT2D eigenvalue weighted by Crippen LogP contribution is 2.58. The Kier molecular flexibility index (Phi) is 8.09. The Balaban J connectivity index is 1.61. The molecule has 234 valence electrons. The Morgan fingerprint density at radius 1 is 1.14 bits per heavy atom. The zero-order chi connectivity index (χ0) is 31.3. The predicted molar refractivity (Wildman–Crippen MR) is 161 cm³/mol. The molecular weight excluding hydrogens is 564 g/mol. The van der Waals surface area contributed by atoms with Crippen LogP contribution >= 0.6 is 0 Å². The van der Waals surface area contributed by atoms with E-state index in [1.807, 2.05) is 13.8 Å². The summed E-state index contributed by atoms with van der Waals surface area (Å²) in [5, 5.41) is 13.9. The summed E-state index contributed by atoms with van der Waals surface area (Å²) >= 11 is 0. The van der Waals surface area contributed by atoms with Crippen LogP contribution in [-0.2, 0) is 22.4 Å². The maximum atomic E-state index is 12.3. The minimum atomic E-state index is -0.469. The van der Waals surface area contributed by atoms with Crippen molar-refractivity contribution < 1.29 is 33.2 Å². The average Bonchev–Trinajstić information content (AvgIpc) is 3.49. The number of aryl methyl sites for hydroxylation is 1. The van der Waals surface area contributed by atoms with Crippen LogP contribution in [-0.4, -0.2) is 81.8 Å². The fourth-order valence-electron chi connectivity index (χ4n) is 7.84. The minimum Gasteiger partial charge on any atom is -0.493 e. The second-order valence-electron chi connectivity index (χ2n) is 11.8. The van der Waals surface area contributed by atoms with E-state index in [9.17, 15) is 10.1 Å². The zero-order valence-electron chi connectivity index (χ0n) is 26.2. The molecule has 1 N–H and O–H groups in total. The zero-order valence-corrected chi connectivity index (χ0v) is 26.2. The molecule has 4 aliphatic rings. The summed E-state index contributed by atoms with van der Waals surface area (Å²) in [5.41, 5.74) is 5.87. The molecule has 4 heterocycles. The molecule has 0 radical (unpaired) electrons. The highest BCUT2D eigenvalue weighted by molar-refractivity contribution is 5.73. The lowest BCUT2D eigenvalue weighted by Gasteiger charge is -2.60. The monoisotopic (exact) mass is 604 g/mol. The SMILES string of the molecule is C=CCOc1c(C)c2c(c3c1CC1[C@H]4c5c(cc(C)c(OC)c5OCOC)C[C@@H]([C@H](C#N)N1C3CNC(C)=O)N4C)OCO2. The summed E-state index contributed by atoms with van der Waals surface area (Å²) in [4.78, 5) is 16.9. The lowest BCUT2D eigenvalue weighted by atomic mass is 9.71. The Labute approximate surface area is 258 Å². The van der Waals surface area contributed by atoms with E-state index < -0.39 is 6.04 Å². The van der Waals surface area contributed by atoms with E-state index in [4.69, 9.17) is 28.4 Å². The molecule has 2 aromatic rings. The third kappa shape index (κ3) is 4.55. The summed E-state index contributed by atoms with van der Waals surface area (Å²) in [5.74, 6) is 3.19. The number of likely N-dealkylation sites (N-methyl/N-ethyl adjacent to an activating group) is 1. The molecule has 11 heteroatoms. The van der Waals surface area contributed by atoms with Crippen molar-refractivity contribution in [2.75, 3.05) is 48.0 Å². The van der Waals surface area contributed by atoms with Crippen LogP contribution in [0.2, 0.25) is 0 Å². The molecule has 6 rings (SSSR count). The number of nitrogens with zero attached hydrogens (tertiary/aromatic N) is 3. The third-order valence-electron chi connectivity index (χ3n) is 9.46. The summed E-state index contributed by atoms with van der Waals surface area (Å²) in [6, 6.07) is 3.52. The van der Waals surface area contributed by atoms with Crippen LogP contribution in [0.5, 0.6) is 28.7 Å². The number of amides is 1.